The second kappa shape index (κ2) is 6.32. The number of carbonyl (C=O) groups excluding carboxylic acids is 1. The van der Waals surface area contributed by atoms with Gasteiger partial charge in [-0.2, -0.15) is 0 Å². The lowest BCUT2D eigenvalue weighted by molar-refractivity contribution is -0.385. The minimum Gasteiger partial charge on any atom is -0.326 e. The largest absolute Gasteiger partial charge is 0.326 e. The Bertz CT molecular complexity index is 536. The van der Waals surface area contributed by atoms with Crippen LogP contribution in [0.25, 0.3) is 0 Å². The van der Waals surface area contributed by atoms with E-state index < -0.39 is 4.92 Å². The molecule has 1 heterocycles. The van der Waals surface area contributed by atoms with Gasteiger partial charge in [0.15, 0.2) is 0 Å². The minimum absolute atomic E-state index is 0.0137. The van der Waals surface area contributed by atoms with Gasteiger partial charge in [0.25, 0.3) is 5.69 Å². The molecule has 2 atom stereocenters. The number of nitrogens with zero attached hydrogens (tertiary/aromatic N) is 1. The third-order valence-electron chi connectivity index (χ3n) is 3.41. The fourth-order valence-electron chi connectivity index (χ4n) is 2.35. The average Bonchev–Trinajstić information content (AvgIpc) is 2.38. The van der Waals surface area contributed by atoms with E-state index in [9.17, 15) is 14.9 Å². The molecule has 0 bridgehead atoms. The van der Waals surface area contributed by atoms with Gasteiger partial charge in [-0.1, -0.05) is 0 Å². The van der Waals surface area contributed by atoms with Crippen LogP contribution in [0.5, 0.6) is 0 Å². The topological polar surface area (TPSA) is 84.3 Å². The first kappa shape index (κ1) is 14.9. The second-order valence-corrected chi connectivity index (χ2v) is 5.84. The SMILES string of the molecule is CC1CC(C(=O)Nc2ccc([N+](=O)[O-])c(Br)c2)CCN1. The maximum Gasteiger partial charge on any atom is 0.283 e. The van der Waals surface area contributed by atoms with Gasteiger partial charge in [-0.05, 0) is 54.4 Å². The van der Waals surface area contributed by atoms with Crippen molar-refractivity contribution in [1.29, 1.82) is 0 Å². The normalized spacial score (nSPS) is 22.3. The first-order chi connectivity index (χ1) is 9.47. The van der Waals surface area contributed by atoms with E-state index in [0.717, 1.165) is 19.4 Å². The third-order valence-corrected chi connectivity index (χ3v) is 4.04. The molecule has 1 aliphatic heterocycles. The second-order valence-electron chi connectivity index (χ2n) is 4.99. The van der Waals surface area contributed by atoms with Crippen molar-refractivity contribution in [3.05, 3.63) is 32.8 Å². The Kier molecular flexibility index (Phi) is 4.72. The van der Waals surface area contributed by atoms with Crippen molar-refractivity contribution in [3.63, 3.8) is 0 Å². The summed E-state index contributed by atoms with van der Waals surface area (Å²) >= 11 is 3.14. The van der Waals surface area contributed by atoms with Crippen molar-refractivity contribution in [2.75, 3.05) is 11.9 Å². The fraction of sp³-hybridized carbons (Fsp3) is 0.462. The molecule has 2 N–H and O–H groups in total. The molecular weight excluding hydrogens is 326 g/mol. The van der Waals surface area contributed by atoms with Gasteiger partial charge in [0.1, 0.15) is 0 Å². The van der Waals surface area contributed by atoms with Crippen LogP contribution in [0.3, 0.4) is 0 Å². The first-order valence-corrected chi connectivity index (χ1v) is 7.25. The first-order valence-electron chi connectivity index (χ1n) is 6.45. The van der Waals surface area contributed by atoms with Gasteiger partial charge in [0.2, 0.25) is 5.91 Å². The number of anilines is 1. The van der Waals surface area contributed by atoms with Gasteiger partial charge < -0.3 is 10.6 Å². The number of nitro benzene ring substituents is 1. The van der Waals surface area contributed by atoms with Crippen molar-refractivity contribution < 1.29 is 9.72 Å². The molecule has 6 nitrogen and oxygen atoms in total. The van der Waals surface area contributed by atoms with E-state index in [0.29, 0.717) is 16.2 Å². The highest BCUT2D eigenvalue weighted by molar-refractivity contribution is 9.10. The Morgan fingerprint density at radius 1 is 1.55 bits per heavy atom. The Hall–Kier alpha value is -1.47. The van der Waals surface area contributed by atoms with Crippen LogP contribution in [0, 0.1) is 16.0 Å². The Balaban J connectivity index is 2.04. The molecule has 20 heavy (non-hydrogen) atoms. The standard InChI is InChI=1S/C13H16BrN3O3/c1-8-6-9(4-5-15-8)13(18)16-10-2-3-12(17(19)20)11(14)7-10/h2-3,7-9,15H,4-6H2,1H3,(H,16,18). The molecule has 1 aromatic carbocycles. The predicted octanol–water partition coefficient (Wildman–Crippen LogP) is 2.68. The molecule has 0 spiro atoms. The van der Waals surface area contributed by atoms with Crippen molar-refractivity contribution >= 4 is 33.2 Å². The molecule has 1 aliphatic rings. The van der Waals surface area contributed by atoms with Gasteiger partial charge in [0.05, 0.1) is 9.40 Å². The molecule has 2 unspecified atom stereocenters. The van der Waals surface area contributed by atoms with Crippen LogP contribution in [-0.4, -0.2) is 23.4 Å². The highest BCUT2D eigenvalue weighted by Crippen LogP contribution is 2.28. The van der Waals surface area contributed by atoms with Crippen molar-refractivity contribution in [3.8, 4) is 0 Å². The highest BCUT2D eigenvalue weighted by Gasteiger charge is 2.25. The summed E-state index contributed by atoms with van der Waals surface area (Å²) in [4.78, 5) is 22.4. The van der Waals surface area contributed by atoms with Gasteiger partial charge in [-0.25, -0.2) is 0 Å². The van der Waals surface area contributed by atoms with Crippen LogP contribution in [0.4, 0.5) is 11.4 Å². The number of rotatable bonds is 3. The summed E-state index contributed by atoms with van der Waals surface area (Å²) in [5.41, 5.74) is 0.553. The quantitative estimate of drug-likeness (QED) is 0.653. The molecule has 1 amide bonds. The molecule has 7 heteroatoms. The molecule has 0 aromatic heterocycles. The van der Waals surface area contributed by atoms with Gasteiger partial charge >= 0.3 is 0 Å². The van der Waals surface area contributed by atoms with E-state index in [1.807, 2.05) is 0 Å². The van der Waals surface area contributed by atoms with E-state index in [2.05, 4.69) is 33.5 Å². The zero-order valence-corrected chi connectivity index (χ0v) is 12.6. The number of benzene rings is 1. The molecule has 1 aromatic rings. The molecular formula is C13H16BrN3O3. The zero-order chi connectivity index (χ0) is 14.7. The summed E-state index contributed by atoms with van der Waals surface area (Å²) in [5, 5.41) is 16.8. The van der Waals surface area contributed by atoms with Crippen molar-refractivity contribution in [2.45, 2.75) is 25.8 Å². The monoisotopic (exact) mass is 341 g/mol. The summed E-state index contributed by atoms with van der Waals surface area (Å²) < 4.78 is 0.360. The van der Waals surface area contributed by atoms with Crippen molar-refractivity contribution in [2.24, 2.45) is 5.92 Å². The molecule has 0 saturated carbocycles. The van der Waals surface area contributed by atoms with E-state index in [1.54, 1.807) is 12.1 Å². The summed E-state index contributed by atoms with van der Waals surface area (Å²) in [5.74, 6) is -0.0423. The average molecular weight is 342 g/mol. The Morgan fingerprint density at radius 3 is 2.90 bits per heavy atom. The lowest BCUT2D eigenvalue weighted by Gasteiger charge is -2.27. The smallest absolute Gasteiger partial charge is 0.283 e. The van der Waals surface area contributed by atoms with Crippen LogP contribution < -0.4 is 10.6 Å². The number of hydrogen-bond acceptors (Lipinski definition) is 4. The van der Waals surface area contributed by atoms with Gasteiger partial charge in [0, 0.05) is 23.7 Å². The van der Waals surface area contributed by atoms with Gasteiger partial charge in [-0.3, -0.25) is 14.9 Å². The molecule has 1 fully saturated rings. The summed E-state index contributed by atoms with van der Waals surface area (Å²) in [6, 6.07) is 4.82. The summed E-state index contributed by atoms with van der Waals surface area (Å²) in [6.45, 7) is 2.89. The van der Waals surface area contributed by atoms with Crippen LogP contribution in [0.15, 0.2) is 22.7 Å². The highest BCUT2D eigenvalue weighted by atomic mass is 79.9. The van der Waals surface area contributed by atoms with Gasteiger partial charge in [-0.15, -0.1) is 0 Å². The number of nitro groups is 1. The predicted molar refractivity (Wildman–Crippen MR) is 79.6 cm³/mol. The van der Waals surface area contributed by atoms with Crippen molar-refractivity contribution in [1.82, 2.24) is 5.32 Å². The number of halogens is 1. The Labute approximate surface area is 125 Å². The number of hydrogen-bond donors (Lipinski definition) is 2. The van der Waals surface area contributed by atoms with E-state index in [1.165, 1.54) is 6.07 Å². The van der Waals surface area contributed by atoms with E-state index >= 15 is 0 Å². The third kappa shape index (κ3) is 3.55. The van der Waals surface area contributed by atoms with E-state index in [4.69, 9.17) is 0 Å². The lowest BCUT2D eigenvalue weighted by atomic mass is 9.92. The maximum absolute atomic E-state index is 12.2. The molecule has 2 rings (SSSR count). The van der Waals surface area contributed by atoms with Crippen LogP contribution in [-0.2, 0) is 4.79 Å². The summed E-state index contributed by atoms with van der Waals surface area (Å²) in [7, 11) is 0. The van der Waals surface area contributed by atoms with E-state index in [-0.39, 0.29) is 17.5 Å². The molecule has 0 radical (unpaired) electrons. The number of amides is 1. The number of nitrogens with one attached hydrogen (secondary N) is 2. The number of piperidine rings is 1. The Morgan fingerprint density at radius 2 is 2.30 bits per heavy atom. The molecule has 108 valence electrons. The van der Waals surface area contributed by atoms with Crippen LogP contribution >= 0.6 is 15.9 Å². The van der Waals surface area contributed by atoms with Crippen LogP contribution in [0.1, 0.15) is 19.8 Å². The summed E-state index contributed by atoms with van der Waals surface area (Å²) in [6.07, 6.45) is 1.62. The van der Waals surface area contributed by atoms with Crippen LogP contribution in [0.2, 0.25) is 0 Å². The fourth-order valence-corrected chi connectivity index (χ4v) is 2.87. The lowest BCUT2D eigenvalue weighted by Crippen LogP contribution is -2.40. The molecule has 0 aliphatic carbocycles. The zero-order valence-electron chi connectivity index (χ0n) is 11.1. The maximum atomic E-state index is 12.2. The minimum atomic E-state index is -0.468. The molecule has 1 saturated heterocycles. The number of carbonyl (C=O) groups is 1.